The Hall–Kier alpha value is -3.31. The van der Waals surface area contributed by atoms with Crippen LogP contribution in [-0.4, -0.2) is 25.5 Å². The van der Waals surface area contributed by atoms with Gasteiger partial charge in [-0.25, -0.2) is 0 Å². The average molecular weight is 422 g/mol. The first-order valence-corrected chi connectivity index (χ1v) is 9.00. The Labute approximate surface area is 166 Å². The van der Waals surface area contributed by atoms with Crippen molar-refractivity contribution in [2.75, 3.05) is 5.32 Å². The van der Waals surface area contributed by atoms with Gasteiger partial charge in [0.2, 0.25) is 0 Å². The highest BCUT2D eigenvalue weighted by atomic mass is 35.5. The van der Waals surface area contributed by atoms with E-state index in [2.05, 4.69) is 10.4 Å². The summed E-state index contributed by atoms with van der Waals surface area (Å²) >= 11 is 6.99. The number of hydrogen-bond acceptors (Lipinski definition) is 7. The summed E-state index contributed by atoms with van der Waals surface area (Å²) in [5.41, 5.74) is -0.165. The van der Waals surface area contributed by atoms with Crippen LogP contribution in [0.1, 0.15) is 20.8 Å². The minimum absolute atomic E-state index is 0.0252. The Morgan fingerprint density at radius 2 is 1.89 bits per heavy atom. The fourth-order valence-electron chi connectivity index (χ4n) is 2.52. The van der Waals surface area contributed by atoms with E-state index < -0.39 is 27.1 Å². The number of thiophene rings is 1. The zero-order valence-electron chi connectivity index (χ0n) is 14.3. The summed E-state index contributed by atoms with van der Waals surface area (Å²) < 4.78 is 1.61. The molecule has 0 unspecified atom stereocenters. The maximum atomic E-state index is 12.4. The van der Waals surface area contributed by atoms with Gasteiger partial charge in [-0.15, -0.1) is 11.3 Å². The lowest BCUT2D eigenvalue weighted by Gasteiger charge is -2.06. The van der Waals surface area contributed by atoms with Gasteiger partial charge in [0, 0.05) is 18.3 Å². The summed E-state index contributed by atoms with van der Waals surface area (Å²) in [5.74, 6) is -0.526. The summed E-state index contributed by atoms with van der Waals surface area (Å²) in [6, 6.07) is 3.84. The topological polar surface area (TPSA) is 133 Å². The van der Waals surface area contributed by atoms with E-state index in [0.717, 1.165) is 17.7 Å². The van der Waals surface area contributed by atoms with Gasteiger partial charge in [-0.2, -0.15) is 5.10 Å². The zero-order chi connectivity index (χ0) is 20.4. The van der Waals surface area contributed by atoms with E-state index in [-0.39, 0.29) is 11.3 Å². The molecule has 3 rings (SSSR count). The fraction of sp³-hybridized carbons (Fsp3) is 0.125. The molecular weight excluding hydrogens is 410 g/mol. The van der Waals surface area contributed by atoms with Crippen molar-refractivity contribution in [1.82, 2.24) is 9.78 Å². The maximum absolute atomic E-state index is 12.4. The number of nitrogens with one attached hydrogen (secondary N) is 1. The van der Waals surface area contributed by atoms with Gasteiger partial charge in [0.05, 0.1) is 38.2 Å². The molecule has 0 aliphatic rings. The molecule has 10 nitrogen and oxygen atoms in total. The monoisotopic (exact) mass is 421 g/mol. The van der Waals surface area contributed by atoms with Gasteiger partial charge in [-0.05, 0) is 23.9 Å². The van der Waals surface area contributed by atoms with E-state index in [9.17, 15) is 25.0 Å². The standard InChI is InChI=1S/C16H12ClN5O5S/c1-9-13(21(24)25)3-12(4-14(9)22(26)27)19-16(23)15-2-10(8-28-15)6-20-7-11(17)5-18-20/h2-5,7-8H,6H2,1H3,(H,19,23). The van der Waals surface area contributed by atoms with Gasteiger partial charge < -0.3 is 5.32 Å². The number of carbonyl (C=O) groups is 1. The smallest absolute Gasteiger partial charge is 0.281 e. The Bertz CT molecular complexity index is 1060. The van der Waals surface area contributed by atoms with Crippen LogP contribution in [-0.2, 0) is 6.54 Å². The van der Waals surface area contributed by atoms with Gasteiger partial charge in [0.15, 0.2) is 0 Å². The van der Waals surface area contributed by atoms with Crippen molar-refractivity contribution in [3.63, 3.8) is 0 Å². The number of nitrogens with zero attached hydrogens (tertiary/aromatic N) is 4. The van der Waals surface area contributed by atoms with Crippen LogP contribution < -0.4 is 5.32 Å². The van der Waals surface area contributed by atoms with Gasteiger partial charge in [-0.1, -0.05) is 11.6 Å². The van der Waals surface area contributed by atoms with E-state index in [4.69, 9.17) is 11.6 Å². The summed E-state index contributed by atoms with van der Waals surface area (Å²) in [4.78, 5) is 33.6. The molecule has 0 atom stereocenters. The molecule has 0 saturated carbocycles. The molecule has 0 aliphatic carbocycles. The van der Waals surface area contributed by atoms with Crippen molar-refractivity contribution >= 4 is 45.9 Å². The number of anilines is 1. The fourth-order valence-corrected chi connectivity index (χ4v) is 3.47. The van der Waals surface area contributed by atoms with Crippen LogP contribution in [0.5, 0.6) is 0 Å². The Balaban J connectivity index is 1.81. The highest BCUT2D eigenvalue weighted by Gasteiger charge is 2.24. The van der Waals surface area contributed by atoms with Crippen LogP contribution in [0.15, 0.2) is 36.0 Å². The molecule has 1 aromatic carbocycles. The van der Waals surface area contributed by atoms with Crippen molar-refractivity contribution in [2.24, 2.45) is 0 Å². The highest BCUT2D eigenvalue weighted by Crippen LogP contribution is 2.32. The predicted octanol–water partition coefficient (Wildman–Crippen LogP) is 4.02. The Morgan fingerprint density at radius 1 is 1.25 bits per heavy atom. The van der Waals surface area contributed by atoms with Crippen LogP contribution >= 0.6 is 22.9 Å². The number of carbonyl (C=O) groups excluding carboxylic acids is 1. The third-order valence-electron chi connectivity index (χ3n) is 3.83. The van der Waals surface area contributed by atoms with Crippen molar-refractivity contribution in [2.45, 2.75) is 13.5 Å². The molecule has 0 fully saturated rings. The Kier molecular flexibility index (Phi) is 5.38. The molecule has 28 heavy (non-hydrogen) atoms. The molecule has 3 aromatic rings. The minimum Gasteiger partial charge on any atom is -0.321 e. The largest absolute Gasteiger partial charge is 0.321 e. The van der Waals surface area contributed by atoms with E-state index in [1.807, 2.05) is 0 Å². The molecule has 2 heterocycles. The molecular formula is C16H12ClN5O5S. The SMILES string of the molecule is Cc1c([N+](=O)[O-])cc(NC(=O)c2cc(Cn3cc(Cl)cn3)cs2)cc1[N+](=O)[O-]. The molecule has 0 aliphatic heterocycles. The minimum atomic E-state index is -0.726. The molecule has 12 heteroatoms. The molecule has 1 amide bonds. The summed E-state index contributed by atoms with van der Waals surface area (Å²) in [7, 11) is 0. The number of rotatable bonds is 6. The van der Waals surface area contributed by atoms with Crippen LogP contribution in [0, 0.1) is 27.2 Å². The van der Waals surface area contributed by atoms with Gasteiger partial charge in [0.1, 0.15) is 5.56 Å². The summed E-state index contributed by atoms with van der Waals surface area (Å²) in [6.07, 6.45) is 3.14. The van der Waals surface area contributed by atoms with Crippen molar-refractivity contribution in [3.05, 3.63) is 77.2 Å². The first-order chi connectivity index (χ1) is 13.2. The molecule has 1 N–H and O–H groups in total. The molecule has 0 radical (unpaired) electrons. The van der Waals surface area contributed by atoms with E-state index in [1.165, 1.54) is 24.5 Å². The molecule has 2 aromatic heterocycles. The predicted molar refractivity (Wildman–Crippen MR) is 103 cm³/mol. The van der Waals surface area contributed by atoms with Crippen molar-refractivity contribution in [1.29, 1.82) is 0 Å². The third-order valence-corrected chi connectivity index (χ3v) is 5.00. The second-order valence-electron chi connectivity index (χ2n) is 5.78. The van der Waals surface area contributed by atoms with Crippen LogP contribution in [0.4, 0.5) is 17.1 Å². The first kappa shape index (κ1) is 19.5. The highest BCUT2D eigenvalue weighted by molar-refractivity contribution is 7.12. The quantitative estimate of drug-likeness (QED) is 0.472. The first-order valence-electron chi connectivity index (χ1n) is 7.74. The lowest BCUT2D eigenvalue weighted by Crippen LogP contribution is -2.11. The number of nitro benzene ring substituents is 2. The second-order valence-corrected chi connectivity index (χ2v) is 7.13. The number of amides is 1. The average Bonchev–Trinajstić information content (AvgIpc) is 3.25. The van der Waals surface area contributed by atoms with E-state index in [0.29, 0.717) is 16.4 Å². The van der Waals surface area contributed by atoms with E-state index in [1.54, 1.807) is 22.3 Å². The van der Waals surface area contributed by atoms with Gasteiger partial charge >= 0.3 is 0 Å². The number of aromatic nitrogens is 2. The Morgan fingerprint density at radius 3 is 2.43 bits per heavy atom. The second kappa shape index (κ2) is 7.74. The number of nitro groups is 2. The molecule has 0 saturated heterocycles. The zero-order valence-corrected chi connectivity index (χ0v) is 15.9. The molecule has 0 bridgehead atoms. The van der Waals surface area contributed by atoms with Crippen LogP contribution in [0.25, 0.3) is 0 Å². The lowest BCUT2D eigenvalue weighted by molar-refractivity contribution is -0.395. The third kappa shape index (κ3) is 4.15. The lowest BCUT2D eigenvalue weighted by atomic mass is 10.1. The van der Waals surface area contributed by atoms with Crippen molar-refractivity contribution in [3.8, 4) is 0 Å². The van der Waals surface area contributed by atoms with E-state index >= 15 is 0 Å². The van der Waals surface area contributed by atoms with Crippen LogP contribution in [0.3, 0.4) is 0 Å². The number of hydrogen-bond donors (Lipinski definition) is 1. The van der Waals surface area contributed by atoms with Gasteiger partial charge in [0.25, 0.3) is 17.3 Å². The summed E-state index contributed by atoms with van der Waals surface area (Å²) in [5, 5.41) is 31.1. The normalized spacial score (nSPS) is 10.6. The number of benzene rings is 1. The van der Waals surface area contributed by atoms with Crippen molar-refractivity contribution < 1.29 is 14.6 Å². The molecule has 0 spiro atoms. The molecule has 144 valence electrons. The van der Waals surface area contributed by atoms with Crippen LogP contribution in [0.2, 0.25) is 5.02 Å². The summed E-state index contributed by atoms with van der Waals surface area (Å²) in [6.45, 7) is 1.70. The van der Waals surface area contributed by atoms with Gasteiger partial charge in [-0.3, -0.25) is 29.7 Å². The maximum Gasteiger partial charge on any atom is 0.281 e. The number of halogens is 1.